The lowest BCUT2D eigenvalue weighted by atomic mass is 10.1. The third-order valence-corrected chi connectivity index (χ3v) is 3.26. The Morgan fingerprint density at radius 3 is 2.57 bits per heavy atom. The Labute approximate surface area is 133 Å². The summed E-state index contributed by atoms with van der Waals surface area (Å²) < 4.78 is 42.4. The average molecular weight is 339 g/mol. The van der Waals surface area contributed by atoms with Crippen molar-refractivity contribution in [2.75, 3.05) is 19.7 Å². The van der Waals surface area contributed by atoms with Crippen LogP contribution in [0.1, 0.15) is 33.6 Å². The first-order valence-corrected chi connectivity index (χ1v) is 7.42. The summed E-state index contributed by atoms with van der Waals surface area (Å²) in [6.07, 6.45) is -6.12. The number of nitrogens with zero attached hydrogens (tertiary/aromatic N) is 1. The molecule has 1 aliphatic heterocycles. The first-order valence-electron chi connectivity index (χ1n) is 7.42. The molecule has 3 N–H and O–H groups in total. The number of hydrogen-bond acceptors (Lipinski definition) is 4. The zero-order chi connectivity index (χ0) is 17.8. The number of nitrogens with two attached hydrogens (primary N) is 1. The third-order valence-electron chi connectivity index (χ3n) is 3.26. The topological polar surface area (TPSA) is 84.7 Å². The van der Waals surface area contributed by atoms with Crippen molar-refractivity contribution in [3.05, 3.63) is 0 Å². The Kier molecular flexibility index (Phi) is 6.41. The quantitative estimate of drug-likeness (QED) is 0.776. The molecule has 0 aromatic heterocycles. The maximum atomic E-state index is 12.3. The van der Waals surface area contributed by atoms with E-state index in [1.807, 2.05) is 0 Å². The number of ether oxygens (including phenoxy) is 1. The number of halogens is 3. The van der Waals surface area contributed by atoms with E-state index in [0.717, 1.165) is 0 Å². The number of piperazine rings is 1. The predicted molar refractivity (Wildman–Crippen MR) is 77.5 cm³/mol. The molecule has 1 fully saturated rings. The Bertz CT molecular complexity index is 435. The van der Waals surface area contributed by atoms with Crippen LogP contribution >= 0.6 is 0 Å². The van der Waals surface area contributed by atoms with Crippen molar-refractivity contribution in [1.29, 1.82) is 0 Å². The molecule has 2 amide bonds. The van der Waals surface area contributed by atoms with Crippen molar-refractivity contribution >= 4 is 11.8 Å². The van der Waals surface area contributed by atoms with Gasteiger partial charge in [-0.05, 0) is 20.8 Å². The van der Waals surface area contributed by atoms with Gasteiger partial charge in [0.25, 0.3) is 0 Å². The number of carbonyl (C=O) groups is 2. The Morgan fingerprint density at radius 1 is 1.43 bits per heavy atom. The molecule has 0 aliphatic carbocycles. The van der Waals surface area contributed by atoms with Crippen LogP contribution in [0.25, 0.3) is 0 Å². The standard InChI is InChI=1S/C14H24F3N3O3/c1-13(2,3)23-8-10-12(22)19-4-5-20(10)11(21)6-9(18)7-14(15,16)17/h9-10H,4-8,18H2,1-3H3,(H,19,22). The normalized spacial score (nSPS) is 21.1. The van der Waals surface area contributed by atoms with Crippen LogP contribution in [0.2, 0.25) is 0 Å². The number of nitrogens with one attached hydrogen (secondary N) is 1. The highest BCUT2D eigenvalue weighted by atomic mass is 19.4. The van der Waals surface area contributed by atoms with E-state index >= 15 is 0 Å². The average Bonchev–Trinajstić information content (AvgIpc) is 2.33. The van der Waals surface area contributed by atoms with Crippen molar-refractivity contribution < 1.29 is 27.5 Å². The summed E-state index contributed by atoms with van der Waals surface area (Å²) in [6.45, 7) is 5.87. The molecule has 23 heavy (non-hydrogen) atoms. The number of amides is 2. The van der Waals surface area contributed by atoms with Crippen LogP contribution in [0.15, 0.2) is 0 Å². The first kappa shape index (κ1) is 19.7. The van der Waals surface area contributed by atoms with Gasteiger partial charge in [-0.3, -0.25) is 9.59 Å². The zero-order valence-electron chi connectivity index (χ0n) is 13.6. The van der Waals surface area contributed by atoms with Gasteiger partial charge in [-0.1, -0.05) is 0 Å². The minimum Gasteiger partial charge on any atom is -0.373 e. The summed E-state index contributed by atoms with van der Waals surface area (Å²) >= 11 is 0. The Balaban J connectivity index is 2.69. The van der Waals surface area contributed by atoms with Crippen LogP contribution < -0.4 is 11.1 Å². The fourth-order valence-corrected chi connectivity index (χ4v) is 2.22. The minimum atomic E-state index is -4.42. The highest BCUT2D eigenvalue weighted by molar-refractivity contribution is 5.89. The van der Waals surface area contributed by atoms with Crippen molar-refractivity contribution in [2.45, 2.75) is 57.5 Å². The maximum Gasteiger partial charge on any atom is 0.390 e. The smallest absolute Gasteiger partial charge is 0.373 e. The highest BCUT2D eigenvalue weighted by Gasteiger charge is 2.36. The summed E-state index contributed by atoms with van der Waals surface area (Å²) in [5.41, 5.74) is 4.89. The van der Waals surface area contributed by atoms with E-state index in [1.165, 1.54) is 4.90 Å². The second kappa shape index (κ2) is 7.48. The Morgan fingerprint density at radius 2 is 2.04 bits per heavy atom. The maximum absolute atomic E-state index is 12.3. The molecule has 0 radical (unpaired) electrons. The molecule has 6 nitrogen and oxygen atoms in total. The molecule has 0 aromatic rings. The van der Waals surface area contributed by atoms with E-state index in [-0.39, 0.29) is 25.6 Å². The summed E-state index contributed by atoms with van der Waals surface area (Å²) in [7, 11) is 0. The number of carbonyl (C=O) groups excluding carboxylic acids is 2. The third kappa shape index (κ3) is 7.17. The van der Waals surface area contributed by atoms with Gasteiger partial charge in [0.1, 0.15) is 6.04 Å². The number of alkyl halides is 3. The lowest BCUT2D eigenvalue weighted by Gasteiger charge is -2.36. The van der Waals surface area contributed by atoms with Crippen LogP contribution in [0.5, 0.6) is 0 Å². The highest BCUT2D eigenvalue weighted by Crippen LogP contribution is 2.22. The monoisotopic (exact) mass is 339 g/mol. The summed E-state index contributed by atoms with van der Waals surface area (Å²) in [5.74, 6) is -0.947. The van der Waals surface area contributed by atoms with E-state index in [2.05, 4.69) is 5.32 Å². The van der Waals surface area contributed by atoms with Gasteiger partial charge in [-0.15, -0.1) is 0 Å². The molecular formula is C14H24F3N3O3. The predicted octanol–water partition coefficient (Wildman–Crippen LogP) is 0.798. The molecule has 1 heterocycles. The van der Waals surface area contributed by atoms with Gasteiger partial charge < -0.3 is 20.7 Å². The molecule has 0 spiro atoms. The second-order valence-corrected chi connectivity index (χ2v) is 6.60. The summed E-state index contributed by atoms with van der Waals surface area (Å²) in [4.78, 5) is 25.4. The van der Waals surface area contributed by atoms with Crippen molar-refractivity contribution in [3.63, 3.8) is 0 Å². The van der Waals surface area contributed by atoms with Crippen LogP contribution in [-0.2, 0) is 14.3 Å². The molecule has 9 heteroatoms. The van der Waals surface area contributed by atoms with Crippen LogP contribution in [0.4, 0.5) is 13.2 Å². The molecule has 1 rings (SSSR count). The van der Waals surface area contributed by atoms with Crippen LogP contribution in [0, 0.1) is 0 Å². The molecule has 134 valence electrons. The number of rotatable bonds is 5. The Hall–Kier alpha value is -1.35. The number of hydrogen-bond donors (Lipinski definition) is 2. The largest absolute Gasteiger partial charge is 0.390 e. The van der Waals surface area contributed by atoms with Gasteiger partial charge in [0, 0.05) is 25.6 Å². The van der Waals surface area contributed by atoms with Crippen LogP contribution in [-0.4, -0.2) is 60.3 Å². The van der Waals surface area contributed by atoms with E-state index < -0.39 is 42.6 Å². The lowest BCUT2D eigenvalue weighted by Crippen LogP contribution is -2.60. The molecule has 0 bridgehead atoms. The van der Waals surface area contributed by atoms with E-state index in [9.17, 15) is 22.8 Å². The van der Waals surface area contributed by atoms with Gasteiger partial charge in [0.05, 0.1) is 18.6 Å². The summed E-state index contributed by atoms with van der Waals surface area (Å²) in [5, 5.41) is 2.62. The van der Waals surface area contributed by atoms with Crippen molar-refractivity contribution in [1.82, 2.24) is 10.2 Å². The molecule has 0 saturated carbocycles. The van der Waals surface area contributed by atoms with E-state index in [0.29, 0.717) is 0 Å². The molecule has 0 aromatic carbocycles. The van der Waals surface area contributed by atoms with Crippen molar-refractivity contribution in [2.24, 2.45) is 5.73 Å². The fraction of sp³-hybridized carbons (Fsp3) is 0.857. The lowest BCUT2D eigenvalue weighted by molar-refractivity contribution is -0.151. The van der Waals surface area contributed by atoms with Gasteiger partial charge in [-0.25, -0.2) is 0 Å². The zero-order valence-corrected chi connectivity index (χ0v) is 13.6. The molecule has 2 unspecified atom stereocenters. The van der Waals surface area contributed by atoms with Crippen molar-refractivity contribution in [3.8, 4) is 0 Å². The molecule has 1 saturated heterocycles. The van der Waals surface area contributed by atoms with Gasteiger partial charge in [-0.2, -0.15) is 13.2 Å². The first-order chi connectivity index (χ1) is 10.4. The van der Waals surface area contributed by atoms with E-state index in [1.54, 1.807) is 20.8 Å². The fourth-order valence-electron chi connectivity index (χ4n) is 2.22. The van der Waals surface area contributed by atoms with E-state index in [4.69, 9.17) is 10.5 Å². The van der Waals surface area contributed by atoms with Gasteiger partial charge in [0.2, 0.25) is 11.8 Å². The summed E-state index contributed by atoms with van der Waals surface area (Å²) in [6, 6.07) is -2.18. The van der Waals surface area contributed by atoms with Crippen LogP contribution in [0.3, 0.4) is 0 Å². The molecule has 2 atom stereocenters. The minimum absolute atomic E-state index is 0.0183. The SMILES string of the molecule is CC(C)(C)OCC1C(=O)NCCN1C(=O)CC(N)CC(F)(F)F. The van der Waals surface area contributed by atoms with Gasteiger partial charge in [0.15, 0.2) is 0 Å². The molecule has 1 aliphatic rings. The molecular weight excluding hydrogens is 315 g/mol. The van der Waals surface area contributed by atoms with Gasteiger partial charge >= 0.3 is 6.18 Å². The second-order valence-electron chi connectivity index (χ2n) is 6.60.